The average molecular weight is 557 g/mol. The number of methoxy groups -OCH3 is 2. The van der Waals surface area contributed by atoms with Gasteiger partial charge in [0.1, 0.15) is 11.5 Å². The first-order valence-corrected chi connectivity index (χ1v) is 14.4. The molecular weight excluding hydrogens is 516 g/mol. The summed E-state index contributed by atoms with van der Waals surface area (Å²) in [5.41, 5.74) is 2.58. The van der Waals surface area contributed by atoms with Gasteiger partial charge in [-0.3, -0.25) is 4.79 Å². The van der Waals surface area contributed by atoms with E-state index < -0.39 is 0 Å². The van der Waals surface area contributed by atoms with Crippen LogP contribution in [-0.2, 0) is 11.3 Å². The Hall–Kier alpha value is -4.04. The van der Waals surface area contributed by atoms with Crippen LogP contribution in [0.15, 0.2) is 78.9 Å². The highest BCUT2D eigenvalue weighted by Gasteiger charge is 2.47. The van der Waals surface area contributed by atoms with Gasteiger partial charge in [-0.05, 0) is 74.2 Å². The molecule has 0 bridgehead atoms. The molecule has 2 N–H and O–H groups in total. The number of hydrogen-bond donors (Lipinski definition) is 2. The molecule has 41 heavy (non-hydrogen) atoms. The summed E-state index contributed by atoms with van der Waals surface area (Å²) in [6.45, 7) is 4.07. The fourth-order valence-corrected chi connectivity index (χ4v) is 6.05. The van der Waals surface area contributed by atoms with Gasteiger partial charge in [-0.15, -0.1) is 0 Å². The van der Waals surface area contributed by atoms with Gasteiger partial charge in [0.05, 0.1) is 31.4 Å². The molecule has 3 aromatic carbocycles. The van der Waals surface area contributed by atoms with Crippen molar-refractivity contribution < 1.29 is 19.1 Å². The predicted octanol–water partition coefficient (Wildman–Crippen LogP) is 5.47. The Kier molecular flexibility index (Phi) is 9.09. The monoisotopic (exact) mass is 556 g/mol. The van der Waals surface area contributed by atoms with Crippen LogP contribution in [-0.4, -0.2) is 62.1 Å². The largest absolute Gasteiger partial charge is 0.497 e. The first-order valence-electron chi connectivity index (χ1n) is 14.4. The molecule has 2 saturated heterocycles. The lowest BCUT2D eigenvalue weighted by Gasteiger charge is -2.38. The number of urea groups is 1. The molecule has 1 atom stereocenters. The Morgan fingerprint density at radius 1 is 0.878 bits per heavy atom. The number of likely N-dealkylation sites (tertiary alicyclic amines) is 2. The fraction of sp³-hybridized carbons (Fsp3) is 0.394. The number of carbonyl (C=O) groups excluding carboxylic acids is 2. The number of rotatable bonds is 10. The van der Waals surface area contributed by atoms with Crippen LogP contribution in [0, 0.1) is 5.41 Å². The van der Waals surface area contributed by atoms with E-state index >= 15 is 0 Å². The quantitative estimate of drug-likeness (QED) is 0.346. The number of ether oxygens (including phenoxy) is 2. The molecule has 0 saturated carbocycles. The Labute approximate surface area is 242 Å². The van der Waals surface area contributed by atoms with Gasteiger partial charge in [0.25, 0.3) is 0 Å². The number of anilines is 1. The Morgan fingerprint density at radius 3 is 2.27 bits per heavy atom. The van der Waals surface area contributed by atoms with E-state index in [1.54, 1.807) is 14.2 Å². The number of benzene rings is 3. The van der Waals surface area contributed by atoms with E-state index in [1.165, 1.54) is 0 Å². The smallest absolute Gasteiger partial charge is 0.319 e. The van der Waals surface area contributed by atoms with Crippen molar-refractivity contribution >= 4 is 17.6 Å². The molecule has 0 radical (unpaired) electrons. The molecule has 1 spiro atoms. The van der Waals surface area contributed by atoms with Crippen LogP contribution >= 0.6 is 0 Å². The van der Waals surface area contributed by atoms with E-state index in [2.05, 4.69) is 15.5 Å². The molecule has 1 unspecified atom stereocenters. The summed E-state index contributed by atoms with van der Waals surface area (Å²) in [5.74, 6) is 1.74. The lowest BCUT2D eigenvalue weighted by Crippen LogP contribution is -2.45. The zero-order chi connectivity index (χ0) is 28.7. The number of amides is 3. The molecule has 0 aliphatic carbocycles. The molecule has 2 fully saturated rings. The summed E-state index contributed by atoms with van der Waals surface area (Å²) in [4.78, 5) is 30.9. The summed E-state index contributed by atoms with van der Waals surface area (Å²) in [5, 5.41) is 6.09. The highest BCUT2D eigenvalue weighted by molar-refractivity contribution is 5.91. The van der Waals surface area contributed by atoms with E-state index in [-0.39, 0.29) is 17.5 Å². The van der Waals surface area contributed by atoms with Gasteiger partial charge in [-0.25, -0.2) is 4.79 Å². The molecule has 216 valence electrons. The lowest BCUT2D eigenvalue weighted by molar-refractivity contribution is -0.138. The van der Waals surface area contributed by atoms with Gasteiger partial charge in [-0.2, -0.15) is 0 Å². The molecule has 3 amide bonds. The number of nitrogens with one attached hydrogen (secondary N) is 2. The fourth-order valence-electron chi connectivity index (χ4n) is 6.05. The van der Waals surface area contributed by atoms with Crippen LogP contribution in [0.2, 0.25) is 0 Å². The number of hydrogen-bond acceptors (Lipinski definition) is 5. The van der Waals surface area contributed by atoms with Crippen LogP contribution in [0.4, 0.5) is 10.5 Å². The molecule has 2 heterocycles. The Bertz CT molecular complexity index is 1310. The van der Waals surface area contributed by atoms with E-state index in [9.17, 15) is 9.59 Å². The Morgan fingerprint density at radius 2 is 1.56 bits per heavy atom. The number of para-hydroxylation sites is 2. The van der Waals surface area contributed by atoms with Gasteiger partial charge in [0.15, 0.2) is 0 Å². The first-order chi connectivity index (χ1) is 20.0. The van der Waals surface area contributed by atoms with E-state index in [1.807, 2.05) is 83.8 Å². The highest BCUT2D eigenvalue weighted by atomic mass is 16.5. The molecule has 8 heteroatoms. The van der Waals surface area contributed by atoms with Crippen molar-refractivity contribution in [1.29, 1.82) is 0 Å². The molecular formula is C33H40N4O4. The maximum absolute atomic E-state index is 13.5. The minimum Gasteiger partial charge on any atom is -0.497 e. The zero-order valence-electron chi connectivity index (χ0n) is 24.0. The number of nitrogens with zero attached hydrogens (tertiary/aromatic N) is 2. The van der Waals surface area contributed by atoms with Crippen molar-refractivity contribution in [1.82, 2.24) is 15.1 Å². The third-order valence-electron chi connectivity index (χ3n) is 8.54. The normalized spacial score (nSPS) is 17.3. The van der Waals surface area contributed by atoms with E-state index in [4.69, 9.17) is 9.47 Å². The SMILES string of the molecule is COc1ccc(CN2CCC3(CCN(CCC(NC(=O)Nc4ccccc4OC)c4ccccc4)CC3)C2=O)cc1. The predicted molar refractivity (Wildman–Crippen MR) is 160 cm³/mol. The Balaban J connectivity index is 1.15. The summed E-state index contributed by atoms with van der Waals surface area (Å²) in [6.07, 6.45) is 3.45. The standard InChI is InChI=1S/C33H40N4O4/c1-40-27-14-12-25(13-15-27)24-37-23-19-33(31(37)38)17-21-36(22-18-33)20-16-28(26-8-4-3-5-9-26)34-32(39)35-29-10-6-7-11-30(29)41-2/h3-15,28H,16-24H2,1-2H3,(H2,34,35,39). The summed E-state index contributed by atoms with van der Waals surface area (Å²) < 4.78 is 10.6. The molecule has 0 aromatic heterocycles. The average Bonchev–Trinajstić information content (AvgIpc) is 3.31. The van der Waals surface area contributed by atoms with Crippen molar-refractivity contribution in [3.8, 4) is 11.5 Å². The van der Waals surface area contributed by atoms with Crippen molar-refractivity contribution in [2.24, 2.45) is 5.41 Å². The second kappa shape index (κ2) is 13.1. The van der Waals surface area contributed by atoms with Gasteiger partial charge >= 0.3 is 6.03 Å². The van der Waals surface area contributed by atoms with Crippen LogP contribution < -0.4 is 20.1 Å². The van der Waals surface area contributed by atoms with E-state index in [0.29, 0.717) is 23.9 Å². The number of carbonyl (C=O) groups is 2. The molecule has 2 aliphatic rings. The molecule has 3 aromatic rings. The second-order valence-corrected chi connectivity index (χ2v) is 11.0. The summed E-state index contributed by atoms with van der Waals surface area (Å²) in [7, 11) is 3.25. The minimum atomic E-state index is -0.269. The third kappa shape index (κ3) is 6.82. The molecule has 5 rings (SSSR count). The summed E-state index contributed by atoms with van der Waals surface area (Å²) in [6, 6.07) is 25.0. The third-order valence-corrected chi connectivity index (χ3v) is 8.54. The second-order valence-electron chi connectivity index (χ2n) is 11.0. The number of piperidine rings is 1. The highest BCUT2D eigenvalue weighted by Crippen LogP contribution is 2.42. The van der Waals surface area contributed by atoms with Gasteiger partial charge < -0.3 is 29.9 Å². The van der Waals surface area contributed by atoms with Crippen LogP contribution in [0.3, 0.4) is 0 Å². The van der Waals surface area contributed by atoms with Crippen LogP contribution in [0.1, 0.15) is 42.9 Å². The minimum absolute atomic E-state index is 0.144. The van der Waals surface area contributed by atoms with Crippen molar-refractivity contribution in [3.05, 3.63) is 90.0 Å². The van der Waals surface area contributed by atoms with Gasteiger partial charge in [0.2, 0.25) is 5.91 Å². The van der Waals surface area contributed by atoms with Gasteiger partial charge in [0, 0.05) is 19.6 Å². The van der Waals surface area contributed by atoms with Gasteiger partial charge in [-0.1, -0.05) is 54.6 Å². The van der Waals surface area contributed by atoms with Crippen LogP contribution in [0.25, 0.3) is 0 Å². The van der Waals surface area contributed by atoms with Crippen molar-refractivity contribution in [2.45, 2.75) is 38.3 Å². The topological polar surface area (TPSA) is 83.1 Å². The molecule has 2 aliphatic heterocycles. The van der Waals surface area contributed by atoms with Crippen LogP contribution in [0.5, 0.6) is 11.5 Å². The summed E-state index contributed by atoms with van der Waals surface area (Å²) >= 11 is 0. The van der Waals surface area contributed by atoms with Crippen molar-refractivity contribution in [3.63, 3.8) is 0 Å². The zero-order valence-corrected chi connectivity index (χ0v) is 24.0. The van der Waals surface area contributed by atoms with Crippen molar-refractivity contribution in [2.75, 3.05) is 45.7 Å². The maximum atomic E-state index is 13.5. The lowest BCUT2D eigenvalue weighted by atomic mass is 9.77. The maximum Gasteiger partial charge on any atom is 0.319 e. The molecule has 8 nitrogen and oxygen atoms in total. The first kappa shape index (κ1) is 28.5. The van der Waals surface area contributed by atoms with E-state index in [0.717, 1.165) is 68.7 Å².